The van der Waals surface area contributed by atoms with Gasteiger partial charge in [-0.2, -0.15) is 5.10 Å². The topological polar surface area (TPSA) is 55.9 Å². The minimum absolute atomic E-state index is 0.235. The number of rotatable bonds is 3. The zero-order valence-electron chi connectivity index (χ0n) is 9.99. The molecule has 0 aliphatic heterocycles. The summed E-state index contributed by atoms with van der Waals surface area (Å²) < 4.78 is 1.89. The van der Waals surface area contributed by atoms with Crippen LogP contribution in [0.15, 0.2) is 18.2 Å². The Bertz CT molecular complexity index is 501. The van der Waals surface area contributed by atoms with Crippen molar-refractivity contribution in [2.24, 2.45) is 12.8 Å². The van der Waals surface area contributed by atoms with E-state index < -0.39 is 0 Å². The summed E-state index contributed by atoms with van der Waals surface area (Å²) in [6, 6.07) is 6.57. The van der Waals surface area contributed by atoms with Gasteiger partial charge < -0.3 is 11.1 Å². The number of nitrogens with one attached hydrogen (secondary N) is 1. The fourth-order valence-electron chi connectivity index (χ4n) is 1.78. The molecule has 1 aromatic carbocycles. The third-order valence-electron chi connectivity index (χ3n) is 2.74. The van der Waals surface area contributed by atoms with Gasteiger partial charge in [-0.15, -0.1) is 0 Å². The highest BCUT2D eigenvalue weighted by atomic mass is 15.3. The molecule has 86 valence electrons. The number of aromatic nitrogens is 2. The Morgan fingerprint density at radius 1 is 1.50 bits per heavy atom. The summed E-state index contributed by atoms with van der Waals surface area (Å²) in [5.41, 5.74) is 7.98. The standard InChI is InChI=1S/C12H18N4/c1-8-4-5-11-10(6-8)12(15-16(11)3)14-9(2)7-13/h4-6,9H,7,13H2,1-3H3,(H,14,15). The van der Waals surface area contributed by atoms with E-state index in [2.05, 4.69) is 42.5 Å². The average molecular weight is 218 g/mol. The first-order valence-corrected chi connectivity index (χ1v) is 5.51. The molecular formula is C12H18N4. The van der Waals surface area contributed by atoms with Crippen LogP contribution >= 0.6 is 0 Å². The van der Waals surface area contributed by atoms with Crippen LogP contribution in [0.25, 0.3) is 10.9 Å². The lowest BCUT2D eigenvalue weighted by molar-refractivity contribution is 0.765. The number of nitrogens with two attached hydrogens (primary N) is 1. The van der Waals surface area contributed by atoms with E-state index in [1.165, 1.54) is 5.56 Å². The smallest absolute Gasteiger partial charge is 0.156 e. The van der Waals surface area contributed by atoms with Crippen LogP contribution < -0.4 is 11.1 Å². The quantitative estimate of drug-likeness (QED) is 0.823. The predicted molar refractivity (Wildman–Crippen MR) is 67.6 cm³/mol. The monoisotopic (exact) mass is 218 g/mol. The van der Waals surface area contributed by atoms with Crippen LogP contribution in [0.3, 0.4) is 0 Å². The van der Waals surface area contributed by atoms with E-state index in [1.807, 2.05) is 11.7 Å². The van der Waals surface area contributed by atoms with Gasteiger partial charge in [0.05, 0.1) is 5.52 Å². The highest BCUT2D eigenvalue weighted by molar-refractivity contribution is 5.90. The lowest BCUT2D eigenvalue weighted by Gasteiger charge is -2.10. The first-order chi connectivity index (χ1) is 7.61. The fraction of sp³-hybridized carbons (Fsp3) is 0.417. The first kappa shape index (κ1) is 11.0. The van der Waals surface area contributed by atoms with Crippen molar-refractivity contribution >= 4 is 16.7 Å². The minimum Gasteiger partial charge on any atom is -0.364 e. The zero-order valence-corrected chi connectivity index (χ0v) is 9.99. The second kappa shape index (κ2) is 4.14. The van der Waals surface area contributed by atoms with Crippen LogP contribution in [0.2, 0.25) is 0 Å². The van der Waals surface area contributed by atoms with Crippen LogP contribution in [0.1, 0.15) is 12.5 Å². The third kappa shape index (κ3) is 1.88. The van der Waals surface area contributed by atoms with E-state index >= 15 is 0 Å². The van der Waals surface area contributed by atoms with Crippen LogP contribution in [-0.4, -0.2) is 22.4 Å². The Labute approximate surface area is 95.4 Å². The summed E-state index contributed by atoms with van der Waals surface area (Å²) >= 11 is 0. The molecular weight excluding hydrogens is 200 g/mol. The molecule has 0 amide bonds. The summed E-state index contributed by atoms with van der Waals surface area (Å²) in [7, 11) is 1.95. The molecule has 1 heterocycles. The molecule has 0 fully saturated rings. The Morgan fingerprint density at radius 3 is 2.94 bits per heavy atom. The summed E-state index contributed by atoms with van der Waals surface area (Å²) in [5.74, 6) is 0.916. The molecule has 0 bridgehead atoms. The molecule has 0 aliphatic rings. The third-order valence-corrected chi connectivity index (χ3v) is 2.74. The van der Waals surface area contributed by atoms with Gasteiger partial charge in [0.25, 0.3) is 0 Å². The summed E-state index contributed by atoms with van der Waals surface area (Å²) in [4.78, 5) is 0. The predicted octanol–water partition coefficient (Wildman–Crippen LogP) is 1.64. The summed E-state index contributed by atoms with van der Waals surface area (Å²) in [6.07, 6.45) is 0. The second-order valence-corrected chi connectivity index (χ2v) is 4.27. The summed E-state index contributed by atoms with van der Waals surface area (Å²) in [6.45, 7) is 4.74. The maximum atomic E-state index is 5.60. The molecule has 2 aromatic rings. The molecule has 0 spiro atoms. The molecule has 2 rings (SSSR count). The van der Waals surface area contributed by atoms with Crippen molar-refractivity contribution in [2.45, 2.75) is 19.9 Å². The van der Waals surface area contributed by atoms with Gasteiger partial charge in [0.1, 0.15) is 0 Å². The molecule has 0 saturated heterocycles. The number of hydrogen-bond donors (Lipinski definition) is 2. The lowest BCUT2D eigenvalue weighted by Crippen LogP contribution is -2.25. The Morgan fingerprint density at radius 2 is 2.25 bits per heavy atom. The van der Waals surface area contributed by atoms with Crippen molar-refractivity contribution in [3.63, 3.8) is 0 Å². The van der Waals surface area contributed by atoms with E-state index in [0.717, 1.165) is 16.7 Å². The largest absolute Gasteiger partial charge is 0.364 e. The molecule has 0 saturated carbocycles. The number of hydrogen-bond acceptors (Lipinski definition) is 3. The molecule has 1 atom stereocenters. The number of benzene rings is 1. The van der Waals surface area contributed by atoms with Crippen molar-refractivity contribution in [1.29, 1.82) is 0 Å². The van der Waals surface area contributed by atoms with E-state index in [-0.39, 0.29) is 6.04 Å². The average Bonchev–Trinajstić information content (AvgIpc) is 2.55. The molecule has 4 heteroatoms. The highest BCUT2D eigenvalue weighted by Gasteiger charge is 2.09. The maximum Gasteiger partial charge on any atom is 0.156 e. The van der Waals surface area contributed by atoms with Gasteiger partial charge in [0.2, 0.25) is 0 Å². The van der Waals surface area contributed by atoms with Gasteiger partial charge in [-0.05, 0) is 26.0 Å². The number of anilines is 1. The highest BCUT2D eigenvalue weighted by Crippen LogP contribution is 2.23. The van der Waals surface area contributed by atoms with Gasteiger partial charge >= 0.3 is 0 Å². The van der Waals surface area contributed by atoms with Gasteiger partial charge in [0, 0.05) is 25.0 Å². The van der Waals surface area contributed by atoms with Crippen molar-refractivity contribution in [3.8, 4) is 0 Å². The number of fused-ring (bicyclic) bond motifs is 1. The minimum atomic E-state index is 0.235. The van der Waals surface area contributed by atoms with Crippen molar-refractivity contribution in [1.82, 2.24) is 9.78 Å². The van der Waals surface area contributed by atoms with Gasteiger partial charge in [0.15, 0.2) is 5.82 Å². The molecule has 1 unspecified atom stereocenters. The molecule has 4 nitrogen and oxygen atoms in total. The molecule has 16 heavy (non-hydrogen) atoms. The van der Waals surface area contributed by atoms with Crippen LogP contribution in [0.5, 0.6) is 0 Å². The molecule has 1 aromatic heterocycles. The normalized spacial score (nSPS) is 13.0. The number of nitrogens with zero attached hydrogens (tertiary/aromatic N) is 2. The maximum absolute atomic E-state index is 5.60. The number of aryl methyl sites for hydroxylation is 2. The van der Waals surface area contributed by atoms with E-state index in [9.17, 15) is 0 Å². The van der Waals surface area contributed by atoms with Gasteiger partial charge in [-0.1, -0.05) is 11.6 Å². The van der Waals surface area contributed by atoms with Crippen LogP contribution in [0.4, 0.5) is 5.82 Å². The zero-order chi connectivity index (χ0) is 11.7. The first-order valence-electron chi connectivity index (χ1n) is 5.51. The molecule has 3 N–H and O–H groups in total. The summed E-state index contributed by atoms with van der Waals surface area (Å²) in [5, 5.41) is 8.95. The SMILES string of the molecule is Cc1ccc2c(c1)c(NC(C)CN)nn2C. The lowest BCUT2D eigenvalue weighted by atomic mass is 10.1. The van der Waals surface area contributed by atoms with E-state index in [0.29, 0.717) is 6.54 Å². The second-order valence-electron chi connectivity index (χ2n) is 4.27. The van der Waals surface area contributed by atoms with Gasteiger partial charge in [-0.3, -0.25) is 4.68 Å². The Balaban J connectivity index is 2.48. The van der Waals surface area contributed by atoms with Crippen molar-refractivity contribution < 1.29 is 0 Å². The van der Waals surface area contributed by atoms with Crippen LogP contribution in [0, 0.1) is 6.92 Å². The molecule has 0 aliphatic carbocycles. The van der Waals surface area contributed by atoms with Crippen molar-refractivity contribution in [2.75, 3.05) is 11.9 Å². The van der Waals surface area contributed by atoms with Crippen molar-refractivity contribution in [3.05, 3.63) is 23.8 Å². The van der Waals surface area contributed by atoms with Gasteiger partial charge in [-0.25, -0.2) is 0 Å². The Hall–Kier alpha value is -1.55. The van der Waals surface area contributed by atoms with E-state index in [1.54, 1.807) is 0 Å². The van der Waals surface area contributed by atoms with E-state index in [4.69, 9.17) is 5.73 Å². The fourth-order valence-corrected chi connectivity index (χ4v) is 1.78. The van der Waals surface area contributed by atoms with Crippen LogP contribution in [-0.2, 0) is 7.05 Å². The Kier molecular flexibility index (Phi) is 2.83. The molecule has 0 radical (unpaired) electrons.